The highest BCUT2D eigenvalue weighted by Crippen LogP contribution is 2.15. The fraction of sp³-hybridized carbons (Fsp3) is 1.00. The van der Waals surface area contributed by atoms with Crippen molar-refractivity contribution in [1.29, 1.82) is 0 Å². The highest BCUT2D eigenvalue weighted by Gasteiger charge is 2.32. The summed E-state index contributed by atoms with van der Waals surface area (Å²) in [6.45, 7) is 8.93. The number of ether oxygens (including phenoxy) is 1. The molecule has 2 rings (SSSR count). The lowest BCUT2D eigenvalue weighted by Crippen LogP contribution is -2.53. The van der Waals surface area contributed by atoms with E-state index in [2.05, 4.69) is 16.7 Å². The quantitative estimate of drug-likeness (QED) is 0.645. The second-order valence-electron chi connectivity index (χ2n) is 4.14. The molecule has 0 aromatic carbocycles. The Labute approximate surface area is 85.4 Å². The highest BCUT2D eigenvalue weighted by molar-refractivity contribution is 4.86. The topological polar surface area (TPSA) is 35.9 Å². The van der Waals surface area contributed by atoms with Gasteiger partial charge < -0.3 is 14.7 Å². The smallest absolute Gasteiger partial charge is 0.0950 e. The number of piperazine rings is 1. The molecule has 2 saturated heterocycles. The number of nitrogens with zero attached hydrogens (tertiary/aromatic N) is 2. The van der Waals surface area contributed by atoms with E-state index in [1.54, 1.807) is 0 Å². The van der Waals surface area contributed by atoms with Gasteiger partial charge in [0.15, 0.2) is 0 Å². The third-order valence-electron chi connectivity index (χ3n) is 3.34. The third-order valence-corrected chi connectivity index (χ3v) is 3.34. The van der Waals surface area contributed by atoms with Crippen LogP contribution in [0.5, 0.6) is 0 Å². The second kappa shape index (κ2) is 4.57. The molecule has 0 bridgehead atoms. The van der Waals surface area contributed by atoms with Crippen molar-refractivity contribution in [1.82, 2.24) is 9.80 Å². The van der Waals surface area contributed by atoms with Crippen LogP contribution in [-0.2, 0) is 4.74 Å². The molecule has 2 heterocycles. The van der Waals surface area contributed by atoms with Gasteiger partial charge in [0, 0.05) is 26.2 Å². The van der Waals surface area contributed by atoms with E-state index in [4.69, 9.17) is 4.74 Å². The number of aliphatic hydroxyl groups excluding tert-OH is 1. The molecule has 82 valence electrons. The van der Waals surface area contributed by atoms with Gasteiger partial charge in [0.2, 0.25) is 0 Å². The second-order valence-corrected chi connectivity index (χ2v) is 4.14. The van der Waals surface area contributed by atoms with Gasteiger partial charge in [-0.3, -0.25) is 4.90 Å². The summed E-state index contributed by atoms with van der Waals surface area (Å²) < 4.78 is 5.27. The van der Waals surface area contributed by atoms with E-state index in [9.17, 15) is 5.11 Å². The van der Waals surface area contributed by atoms with Crippen molar-refractivity contribution in [3.05, 3.63) is 0 Å². The number of likely N-dealkylation sites (N-methyl/N-ethyl adjacent to an activating group) is 1. The van der Waals surface area contributed by atoms with Crippen LogP contribution in [-0.4, -0.2) is 73.0 Å². The molecular weight excluding hydrogens is 180 g/mol. The molecular formula is C10H20N2O2. The van der Waals surface area contributed by atoms with Crippen molar-refractivity contribution in [3.63, 3.8) is 0 Å². The van der Waals surface area contributed by atoms with Gasteiger partial charge in [-0.2, -0.15) is 0 Å². The van der Waals surface area contributed by atoms with Crippen molar-refractivity contribution in [2.45, 2.75) is 19.1 Å². The highest BCUT2D eigenvalue weighted by atomic mass is 16.5. The maximum Gasteiger partial charge on any atom is 0.0950 e. The zero-order valence-electron chi connectivity index (χ0n) is 8.85. The average molecular weight is 200 g/mol. The van der Waals surface area contributed by atoms with Crippen LogP contribution in [0.2, 0.25) is 0 Å². The number of hydrogen-bond donors (Lipinski definition) is 1. The van der Waals surface area contributed by atoms with Crippen molar-refractivity contribution >= 4 is 0 Å². The van der Waals surface area contributed by atoms with Crippen molar-refractivity contribution in [2.24, 2.45) is 0 Å². The summed E-state index contributed by atoms with van der Waals surface area (Å²) in [5.74, 6) is 0. The van der Waals surface area contributed by atoms with Crippen LogP contribution in [0.25, 0.3) is 0 Å². The molecule has 0 aromatic heterocycles. The first-order chi connectivity index (χ1) is 6.81. The molecule has 0 spiro atoms. The van der Waals surface area contributed by atoms with Gasteiger partial charge in [-0.15, -0.1) is 0 Å². The van der Waals surface area contributed by atoms with Gasteiger partial charge in [0.25, 0.3) is 0 Å². The summed E-state index contributed by atoms with van der Waals surface area (Å²) in [4.78, 5) is 4.81. The Kier molecular flexibility index (Phi) is 3.38. The first kappa shape index (κ1) is 10.4. The van der Waals surface area contributed by atoms with Crippen molar-refractivity contribution in [2.75, 3.05) is 45.9 Å². The summed E-state index contributed by atoms with van der Waals surface area (Å²) in [6, 6.07) is 0.244. The Morgan fingerprint density at radius 3 is 2.43 bits per heavy atom. The summed E-state index contributed by atoms with van der Waals surface area (Å²) in [7, 11) is 0. The molecule has 0 amide bonds. The first-order valence-electron chi connectivity index (χ1n) is 5.53. The Balaban J connectivity index is 1.82. The van der Waals surface area contributed by atoms with Gasteiger partial charge in [0.05, 0.1) is 25.4 Å². The molecule has 14 heavy (non-hydrogen) atoms. The van der Waals surface area contributed by atoms with Crippen LogP contribution in [0.15, 0.2) is 0 Å². The van der Waals surface area contributed by atoms with Crippen LogP contribution in [0.3, 0.4) is 0 Å². The molecule has 2 aliphatic heterocycles. The third kappa shape index (κ3) is 2.08. The Hall–Kier alpha value is -0.160. The maximum atomic E-state index is 9.68. The molecule has 1 N–H and O–H groups in total. The van der Waals surface area contributed by atoms with Crippen molar-refractivity contribution in [3.8, 4) is 0 Å². The molecule has 2 atom stereocenters. The number of aliphatic hydroxyl groups is 1. The summed E-state index contributed by atoms with van der Waals surface area (Å²) in [5.41, 5.74) is 0. The van der Waals surface area contributed by atoms with Crippen molar-refractivity contribution < 1.29 is 9.84 Å². The van der Waals surface area contributed by atoms with E-state index in [1.165, 1.54) is 0 Å². The predicted octanol–water partition coefficient (Wildman–Crippen LogP) is -0.616. The summed E-state index contributed by atoms with van der Waals surface area (Å²) in [6.07, 6.45) is -0.275. The predicted molar refractivity (Wildman–Crippen MR) is 54.3 cm³/mol. The van der Waals surface area contributed by atoms with Gasteiger partial charge >= 0.3 is 0 Å². The molecule has 2 aliphatic rings. The first-order valence-corrected chi connectivity index (χ1v) is 5.53. The summed E-state index contributed by atoms with van der Waals surface area (Å²) in [5, 5.41) is 9.68. The van der Waals surface area contributed by atoms with E-state index in [0.717, 1.165) is 32.7 Å². The largest absolute Gasteiger partial charge is 0.389 e. The lowest BCUT2D eigenvalue weighted by molar-refractivity contribution is 0.0459. The van der Waals surface area contributed by atoms with E-state index < -0.39 is 0 Å². The van der Waals surface area contributed by atoms with Crippen LogP contribution < -0.4 is 0 Å². The van der Waals surface area contributed by atoms with Crippen LogP contribution in [0.4, 0.5) is 0 Å². The Morgan fingerprint density at radius 2 is 1.93 bits per heavy atom. The molecule has 2 fully saturated rings. The fourth-order valence-corrected chi connectivity index (χ4v) is 2.29. The van der Waals surface area contributed by atoms with Crippen LogP contribution in [0.1, 0.15) is 6.92 Å². The standard InChI is InChI=1S/C10H20N2O2/c1-2-11-3-5-12(6-4-11)9-7-14-8-10(9)13/h9-10,13H,2-8H2,1H3. The van der Waals surface area contributed by atoms with E-state index in [0.29, 0.717) is 13.2 Å². The zero-order chi connectivity index (χ0) is 9.97. The van der Waals surface area contributed by atoms with Crippen LogP contribution in [0, 0.1) is 0 Å². The average Bonchev–Trinajstić information content (AvgIpc) is 2.65. The minimum atomic E-state index is -0.275. The van der Waals surface area contributed by atoms with Gasteiger partial charge in [-0.1, -0.05) is 6.92 Å². The van der Waals surface area contributed by atoms with E-state index in [1.807, 2.05) is 0 Å². The van der Waals surface area contributed by atoms with Gasteiger partial charge in [-0.05, 0) is 6.54 Å². The molecule has 2 unspecified atom stereocenters. The van der Waals surface area contributed by atoms with E-state index in [-0.39, 0.29) is 12.1 Å². The lowest BCUT2D eigenvalue weighted by atomic mass is 10.1. The summed E-state index contributed by atoms with van der Waals surface area (Å²) >= 11 is 0. The molecule has 0 aliphatic carbocycles. The zero-order valence-corrected chi connectivity index (χ0v) is 8.85. The number of rotatable bonds is 2. The minimum Gasteiger partial charge on any atom is -0.389 e. The lowest BCUT2D eigenvalue weighted by Gasteiger charge is -2.37. The van der Waals surface area contributed by atoms with E-state index >= 15 is 0 Å². The number of hydrogen-bond acceptors (Lipinski definition) is 4. The monoisotopic (exact) mass is 200 g/mol. The van der Waals surface area contributed by atoms with Crippen LogP contribution >= 0.6 is 0 Å². The Bertz CT molecular complexity index is 181. The Morgan fingerprint density at radius 1 is 1.21 bits per heavy atom. The molecule has 0 aromatic rings. The minimum absolute atomic E-state index is 0.244. The molecule has 4 heteroatoms. The fourth-order valence-electron chi connectivity index (χ4n) is 2.29. The normalized spacial score (nSPS) is 36.4. The molecule has 4 nitrogen and oxygen atoms in total. The van der Waals surface area contributed by atoms with Gasteiger partial charge in [0.1, 0.15) is 0 Å². The molecule has 0 saturated carbocycles. The maximum absolute atomic E-state index is 9.68. The molecule has 0 radical (unpaired) electrons. The SMILES string of the molecule is CCN1CCN(C2COCC2O)CC1. The van der Waals surface area contributed by atoms with Gasteiger partial charge in [-0.25, -0.2) is 0 Å².